The van der Waals surface area contributed by atoms with Crippen LogP contribution >= 0.6 is 0 Å². The summed E-state index contributed by atoms with van der Waals surface area (Å²) in [4.78, 5) is 25.6. The number of methoxy groups -OCH3 is 2. The highest BCUT2D eigenvalue weighted by Crippen LogP contribution is 2.32. The first-order valence-corrected chi connectivity index (χ1v) is 7.99. The number of carbonyl (C=O) groups is 2. The van der Waals surface area contributed by atoms with E-state index in [0.717, 1.165) is 12.0 Å². The molecule has 1 unspecified atom stereocenters. The van der Waals surface area contributed by atoms with Gasteiger partial charge in [0.2, 0.25) is 0 Å². The highest BCUT2D eigenvalue weighted by atomic mass is 16.6. The average Bonchev–Trinajstić information content (AvgIpc) is 3.02. The van der Waals surface area contributed by atoms with Crippen LogP contribution in [0.5, 0.6) is 5.75 Å². The number of ether oxygens (including phenoxy) is 3. The Kier molecular flexibility index (Phi) is 5.36. The second-order valence-electron chi connectivity index (χ2n) is 6.86. The Morgan fingerprint density at radius 3 is 2.50 bits per heavy atom. The number of carbonyl (C=O) groups excluding carboxylic acids is 2. The zero-order chi connectivity index (χ0) is 17.9. The molecule has 1 aliphatic rings. The zero-order valence-corrected chi connectivity index (χ0v) is 14.9. The van der Waals surface area contributed by atoms with E-state index >= 15 is 0 Å². The molecule has 1 aromatic rings. The summed E-state index contributed by atoms with van der Waals surface area (Å²) in [6.07, 6.45) is 0.558. The van der Waals surface area contributed by atoms with E-state index in [-0.39, 0.29) is 12.0 Å². The fourth-order valence-corrected chi connectivity index (χ4v) is 2.76. The van der Waals surface area contributed by atoms with Crippen LogP contribution < -0.4 is 4.74 Å². The highest BCUT2D eigenvalue weighted by Gasteiger charge is 2.31. The van der Waals surface area contributed by atoms with Gasteiger partial charge in [-0.1, -0.05) is 6.07 Å². The Morgan fingerprint density at radius 1 is 1.21 bits per heavy atom. The Labute approximate surface area is 142 Å². The number of amides is 1. The predicted octanol–water partition coefficient (Wildman–Crippen LogP) is 3.21. The van der Waals surface area contributed by atoms with Gasteiger partial charge in [0, 0.05) is 19.0 Å². The van der Waals surface area contributed by atoms with E-state index in [9.17, 15) is 9.59 Å². The van der Waals surface area contributed by atoms with E-state index in [1.54, 1.807) is 11.0 Å². The normalized spacial score (nSPS) is 17.5. The first-order valence-electron chi connectivity index (χ1n) is 7.99. The van der Waals surface area contributed by atoms with Crippen LogP contribution in [-0.4, -0.2) is 49.9 Å². The SMILES string of the molecule is COC(=O)c1ccc(C2CCN(C(=O)OC(C)(C)C)C2)cc1OC. The monoisotopic (exact) mass is 335 g/mol. The van der Waals surface area contributed by atoms with Gasteiger partial charge in [0.1, 0.15) is 16.9 Å². The molecule has 1 aliphatic heterocycles. The van der Waals surface area contributed by atoms with E-state index < -0.39 is 11.6 Å². The van der Waals surface area contributed by atoms with Crippen LogP contribution in [-0.2, 0) is 9.47 Å². The van der Waals surface area contributed by atoms with Gasteiger partial charge in [-0.3, -0.25) is 0 Å². The molecule has 0 aromatic heterocycles. The molecule has 0 bridgehead atoms. The highest BCUT2D eigenvalue weighted by molar-refractivity contribution is 5.92. The third-order valence-electron chi connectivity index (χ3n) is 3.94. The van der Waals surface area contributed by atoms with Crippen molar-refractivity contribution < 1.29 is 23.8 Å². The van der Waals surface area contributed by atoms with Crippen molar-refractivity contribution in [3.63, 3.8) is 0 Å². The standard InChI is InChI=1S/C18H25NO5/c1-18(2,3)24-17(21)19-9-8-13(11-19)12-6-7-14(16(20)23-5)15(10-12)22-4/h6-7,10,13H,8-9,11H2,1-5H3. The van der Waals surface area contributed by atoms with Gasteiger partial charge in [0.05, 0.1) is 14.2 Å². The molecule has 24 heavy (non-hydrogen) atoms. The summed E-state index contributed by atoms with van der Waals surface area (Å²) in [7, 11) is 2.86. The maximum Gasteiger partial charge on any atom is 0.410 e. The molecule has 6 heteroatoms. The largest absolute Gasteiger partial charge is 0.496 e. The smallest absolute Gasteiger partial charge is 0.410 e. The molecule has 0 spiro atoms. The van der Waals surface area contributed by atoms with Crippen molar-refractivity contribution in [1.82, 2.24) is 4.90 Å². The Bertz CT molecular complexity index is 620. The van der Waals surface area contributed by atoms with Crippen molar-refractivity contribution in [3.05, 3.63) is 29.3 Å². The van der Waals surface area contributed by atoms with E-state index in [4.69, 9.17) is 14.2 Å². The van der Waals surface area contributed by atoms with Crippen molar-refractivity contribution in [1.29, 1.82) is 0 Å². The Balaban J connectivity index is 2.11. The van der Waals surface area contributed by atoms with E-state index in [0.29, 0.717) is 24.4 Å². The number of likely N-dealkylation sites (tertiary alicyclic amines) is 1. The van der Waals surface area contributed by atoms with Gasteiger partial charge in [-0.05, 0) is 44.9 Å². The van der Waals surface area contributed by atoms with Crippen molar-refractivity contribution >= 4 is 12.1 Å². The van der Waals surface area contributed by atoms with Crippen LogP contribution in [0.25, 0.3) is 0 Å². The van der Waals surface area contributed by atoms with Crippen molar-refractivity contribution in [2.75, 3.05) is 27.3 Å². The predicted molar refractivity (Wildman–Crippen MR) is 89.5 cm³/mol. The quantitative estimate of drug-likeness (QED) is 0.794. The van der Waals surface area contributed by atoms with Crippen molar-refractivity contribution in [2.24, 2.45) is 0 Å². The lowest BCUT2D eigenvalue weighted by Gasteiger charge is -2.24. The molecule has 6 nitrogen and oxygen atoms in total. The molecule has 1 amide bonds. The van der Waals surface area contributed by atoms with Crippen LogP contribution in [0.3, 0.4) is 0 Å². The van der Waals surface area contributed by atoms with E-state index in [1.165, 1.54) is 14.2 Å². The van der Waals surface area contributed by atoms with Crippen molar-refractivity contribution in [3.8, 4) is 5.75 Å². The number of benzene rings is 1. The van der Waals surface area contributed by atoms with E-state index in [1.807, 2.05) is 32.9 Å². The van der Waals surface area contributed by atoms with Crippen LogP contribution in [0.1, 0.15) is 49.0 Å². The second-order valence-corrected chi connectivity index (χ2v) is 6.86. The minimum Gasteiger partial charge on any atom is -0.496 e. The summed E-state index contributed by atoms with van der Waals surface area (Å²) in [5.41, 5.74) is 0.928. The molecule has 0 N–H and O–H groups in total. The fraction of sp³-hybridized carbons (Fsp3) is 0.556. The zero-order valence-electron chi connectivity index (χ0n) is 14.9. The van der Waals surface area contributed by atoms with Gasteiger partial charge in [-0.15, -0.1) is 0 Å². The second kappa shape index (κ2) is 7.11. The molecular weight excluding hydrogens is 310 g/mol. The fourth-order valence-electron chi connectivity index (χ4n) is 2.76. The third-order valence-corrected chi connectivity index (χ3v) is 3.94. The maximum atomic E-state index is 12.2. The van der Waals surface area contributed by atoms with Gasteiger partial charge in [-0.2, -0.15) is 0 Å². The first kappa shape index (κ1) is 18.1. The molecule has 2 rings (SSSR count). The molecule has 1 atom stereocenters. The summed E-state index contributed by atoms with van der Waals surface area (Å²) >= 11 is 0. The molecule has 1 aromatic carbocycles. The van der Waals surface area contributed by atoms with Gasteiger partial charge >= 0.3 is 12.1 Å². The summed E-state index contributed by atoms with van der Waals surface area (Å²) in [6, 6.07) is 5.43. The van der Waals surface area contributed by atoms with Crippen LogP contribution in [0.15, 0.2) is 18.2 Å². The molecule has 1 fully saturated rings. The topological polar surface area (TPSA) is 65.1 Å². The molecular formula is C18H25NO5. The van der Waals surface area contributed by atoms with E-state index in [2.05, 4.69) is 0 Å². The Morgan fingerprint density at radius 2 is 1.92 bits per heavy atom. The summed E-state index contributed by atoms with van der Waals surface area (Å²) in [5.74, 6) is 0.244. The van der Waals surface area contributed by atoms with Gasteiger partial charge in [-0.25, -0.2) is 9.59 Å². The number of hydrogen-bond donors (Lipinski definition) is 0. The van der Waals surface area contributed by atoms with Crippen LogP contribution in [0, 0.1) is 0 Å². The molecule has 132 valence electrons. The summed E-state index contributed by atoms with van der Waals surface area (Å²) in [5, 5.41) is 0. The van der Waals surface area contributed by atoms with Gasteiger partial charge in [0.15, 0.2) is 0 Å². The number of rotatable bonds is 3. The number of hydrogen-bond acceptors (Lipinski definition) is 5. The van der Waals surface area contributed by atoms with Crippen molar-refractivity contribution in [2.45, 2.75) is 38.7 Å². The Hall–Kier alpha value is -2.24. The summed E-state index contributed by atoms with van der Waals surface area (Å²) < 4.78 is 15.5. The van der Waals surface area contributed by atoms with Crippen LogP contribution in [0.4, 0.5) is 4.79 Å². The lowest BCUT2D eigenvalue weighted by atomic mass is 9.96. The molecule has 1 heterocycles. The minimum absolute atomic E-state index is 0.193. The first-order chi connectivity index (χ1) is 11.2. The average molecular weight is 335 g/mol. The van der Waals surface area contributed by atoms with Gasteiger partial charge in [0.25, 0.3) is 0 Å². The minimum atomic E-state index is -0.499. The molecule has 1 saturated heterocycles. The molecule has 0 radical (unpaired) electrons. The maximum absolute atomic E-state index is 12.2. The van der Waals surface area contributed by atoms with Gasteiger partial charge < -0.3 is 19.1 Å². The number of esters is 1. The molecule has 0 saturated carbocycles. The number of nitrogens with zero attached hydrogens (tertiary/aromatic N) is 1. The third kappa shape index (κ3) is 4.19. The van der Waals surface area contributed by atoms with Crippen LogP contribution in [0.2, 0.25) is 0 Å². The molecule has 0 aliphatic carbocycles. The summed E-state index contributed by atoms with van der Waals surface area (Å²) in [6.45, 7) is 6.81. The lowest BCUT2D eigenvalue weighted by molar-refractivity contribution is 0.0292. The lowest BCUT2D eigenvalue weighted by Crippen LogP contribution is -2.35.